The molecule has 2 atom stereocenters. The molecular weight excluding hydrogens is 581 g/mol. The Labute approximate surface area is 231 Å². The second kappa shape index (κ2) is 12.4. The molecule has 1 aliphatic heterocycles. The average molecular weight is 608 g/mol. The molecule has 0 unspecified atom stereocenters. The van der Waals surface area contributed by atoms with Crippen LogP contribution in [-0.4, -0.2) is 60.6 Å². The predicted molar refractivity (Wildman–Crippen MR) is 132 cm³/mol. The van der Waals surface area contributed by atoms with Crippen LogP contribution in [-0.2, 0) is 36.9 Å². The fraction of sp³-hybridized carbons (Fsp3) is 0.400. The number of aliphatic carboxylic acids is 1. The molecule has 16 heteroatoms. The van der Waals surface area contributed by atoms with E-state index in [9.17, 15) is 44.8 Å². The van der Waals surface area contributed by atoms with E-state index in [1.165, 1.54) is 31.2 Å². The van der Waals surface area contributed by atoms with E-state index in [1.54, 1.807) is 0 Å². The third-order valence-corrected chi connectivity index (χ3v) is 8.26. The number of hydrogen-bond acceptors (Lipinski definition) is 6. The Morgan fingerprint density at radius 3 is 2.17 bits per heavy atom. The van der Waals surface area contributed by atoms with E-state index in [-0.39, 0.29) is 31.5 Å². The van der Waals surface area contributed by atoms with Crippen molar-refractivity contribution in [1.82, 2.24) is 14.9 Å². The zero-order valence-corrected chi connectivity index (χ0v) is 22.3. The van der Waals surface area contributed by atoms with Crippen molar-refractivity contribution in [2.24, 2.45) is 0 Å². The molecule has 0 saturated carbocycles. The molecule has 1 saturated heterocycles. The van der Waals surface area contributed by atoms with Gasteiger partial charge in [0.1, 0.15) is 11.8 Å². The van der Waals surface area contributed by atoms with E-state index in [0.29, 0.717) is 5.56 Å². The maximum Gasteiger partial charge on any atom is 0.573 e. The maximum atomic E-state index is 13.9. The summed E-state index contributed by atoms with van der Waals surface area (Å²) in [5, 5.41) is 13.6. The lowest BCUT2D eigenvalue weighted by atomic mass is 9.98. The summed E-state index contributed by atoms with van der Waals surface area (Å²) in [6, 6.07) is 6.13. The highest BCUT2D eigenvalue weighted by Crippen LogP contribution is 2.32. The van der Waals surface area contributed by atoms with Gasteiger partial charge < -0.3 is 20.5 Å². The number of halogens is 5. The number of sulfonamides is 1. The Bertz CT molecular complexity index is 1370. The molecule has 0 aromatic heterocycles. The van der Waals surface area contributed by atoms with Crippen molar-refractivity contribution in [1.29, 1.82) is 0 Å². The van der Waals surface area contributed by atoms with Gasteiger partial charge >= 0.3 is 18.2 Å². The first kappa shape index (κ1) is 31.7. The lowest BCUT2D eigenvalue weighted by molar-refractivity contribution is -0.274. The Morgan fingerprint density at radius 1 is 1.02 bits per heavy atom. The number of hydrogen-bond donors (Lipinski definition) is 3. The van der Waals surface area contributed by atoms with Gasteiger partial charge in [-0.2, -0.15) is 4.31 Å². The molecule has 0 bridgehead atoms. The number of ether oxygens (including phenoxy) is 1. The van der Waals surface area contributed by atoms with E-state index in [2.05, 4.69) is 15.4 Å². The minimum absolute atomic E-state index is 0.0651. The van der Waals surface area contributed by atoms with Crippen molar-refractivity contribution in [3.05, 3.63) is 59.7 Å². The number of carboxylic acids is 1. The van der Waals surface area contributed by atoms with Gasteiger partial charge in [-0.3, -0.25) is 9.59 Å². The summed E-state index contributed by atoms with van der Waals surface area (Å²) in [4.78, 5) is 35.4. The molecule has 1 aliphatic rings. The van der Waals surface area contributed by atoms with E-state index >= 15 is 0 Å². The summed E-state index contributed by atoms with van der Waals surface area (Å²) in [6.45, 7) is 0.818. The van der Waals surface area contributed by atoms with Crippen molar-refractivity contribution >= 4 is 27.8 Å². The number of carboxylic acid groups (broad SMARTS) is 1. The Hall–Kier alpha value is -3.79. The van der Waals surface area contributed by atoms with Crippen LogP contribution in [0.15, 0.2) is 53.4 Å². The summed E-state index contributed by atoms with van der Waals surface area (Å²) in [6.07, 6.45) is -5.79. The van der Waals surface area contributed by atoms with Crippen LogP contribution in [0.4, 0.5) is 22.0 Å². The lowest BCUT2D eigenvalue weighted by Gasteiger charge is -2.37. The van der Waals surface area contributed by atoms with Gasteiger partial charge in [-0.1, -0.05) is 31.2 Å². The summed E-state index contributed by atoms with van der Waals surface area (Å²) >= 11 is 0. The lowest BCUT2D eigenvalue weighted by Crippen LogP contribution is -2.57. The van der Waals surface area contributed by atoms with Crippen LogP contribution < -0.4 is 15.4 Å². The minimum Gasteiger partial charge on any atom is -0.474 e. The number of nitrogens with zero attached hydrogens (tertiary/aromatic N) is 1. The first-order valence-electron chi connectivity index (χ1n) is 12.2. The molecular formula is C25H26F5N3O7S. The second-order valence-corrected chi connectivity index (χ2v) is 11.0. The molecule has 0 spiro atoms. The van der Waals surface area contributed by atoms with Crippen molar-refractivity contribution in [3.63, 3.8) is 0 Å². The fourth-order valence-corrected chi connectivity index (χ4v) is 5.79. The van der Waals surface area contributed by atoms with Crippen molar-refractivity contribution in [3.8, 4) is 5.75 Å². The summed E-state index contributed by atoms with van der Waals surface area (Å²) in [7, 11) is -4.47. The molecule has 224 valence electrons. The van der Waals surface area contributed by atoms with Crippen LogP contribution in [0.25, 0.3) is 0 Å². The molecule has 3 N–H and O–H groups in total. The molecule has 41 heavy (non-hydrogen) atoms. The van der Waals surface area contributed by atoms with Crippen LogP contribution in [0.5, 0.6) is 5.75 Å². The molecule has 2 aromatic carbocycles. The number of carbonyl (C=O) groups is 3. The molecule has 0 aliphatic carbocycles. The third-order valence-electron chi connectivity index (χ3n) is 6.34. The van der Waals surface area contributed by atoms with Gasteiger partial charge in [-0.25, -0.2) is 22.0 Å². The zero-order valence-electron chi connectivity index (χ0n) is 21.5. The summed E-state index contributed by atoms with van der Waals surface area (Å²) in [5.41, 5.74) is 0.207. The number of nitrogens with one attached hydrogen (secondary N) is 2. The van der Waals surface area contributed by atoms with Gasteiger partial charge in [0, 0.05) is 31.1 Å². The van der Waals surface area contributed by atoms with Gasteiger partial charge in [0.25, 0.3) is 5.92 Å². The standard InChI is InChI=1S/C25H26F5N3O7S/c1-2-24(26,27)16-5-3-15(4-6-16)14-31-21(34)20-13-17(32-22(35)23(36)37)11-12-33(20)41(38,39)19-9-7-18(8-10-19)40-25(28,29)30/h3-10,17,20H,2,11-14H2,1H3,(H,31,34)(H,32,35)(H,36,37)/t17-,20-/m1/s1. The SMILES string of the molecule is CCC(F)(F)c1ccc(CNC(=O)[C@H]2C[C@H](NC(=O)C(=O)O)CCN2S(=O)(=O)c2ccc(OC(F)(F)F)cc2)cc1. The van der Waals surface area contributed by atoms with Gasteiger partial charge in [0.05, 0.1) is 4.90 Å². The highest BCUT2D eigenvalue weighted by Gasteiger charge is 2.41. The van der Waals surface area contributed by atoms with Crippen LogP contribution in [0, 0.1) is 0 Å². The number of rotatable bonds is 9. The zero-order chi connectivity index (χ0) is 30.6. The molecule has 10 nitrogen and oxygen atoms in total. The molecule has 2 amide bonds. The van der Waals surface area contributed by atoms with Crippen molar-refractivity contribution in [2.45, 2.75) is 62.0 Å². The quantitative estimate of drug-likeness (QED) is 0.294. The smallest absolute Gasteiger partial charge is 0.474 e. The monoisotopic (exact) mass is 607 g/mol. The number of alkyl halides is 5. The number of amides is 2. The highest BCUT2D eigenvalue weighted by atomic mass is 32.2. The Kier molecular flexibility index (Phi) is 9.58. The number of benzene rings is 2. The minimum atomic E-state index is -5.00. The summed E-state index contributed by atoms with van der Waals surface area (Å²) in [5.74, 6) is -7.66. The molecule has 3 rings (SSSR count). The summed E-state index contributed by atoms with van der Waals surface area (Å²) < 4.78 is 96.5. The Morgan fingerprint density at radius 2 is 1.63 bits per heavy atom. The number of piperidine rings is 1. The van der Waals surface area contributed by atoms with Crippen molar-refractivity contribution < 1.29 is 54.6 Å². The van der Waals surface area contributed by atoms with Gasteiger partial charge in [0.15, 0.2) is 0 Å². The van der Waals surface area contributed by atoms with Gasteiger partial charge in [0.2, 0.25) is 15.9 Å². The Balaban J connectivity index is 1.82. The molecule has 0 radical (unpaired) electrons. The molecule has 1 heterocycles. The van der Waals surface area contributed by atoms with Crippen LogP contribution in [0.2, 0.25) is 0 Å². The molecule has 1 fully saturated rings. The fourth-order valence-electron chi connectivity index (χ4n) is 4.17. The topological polar surface area (TPSA) is 142 Å². The van der Waals surface area contributed by atoms with Crippen LogP contribution in [0.3, 0.4) is 0 Å². The number of carbonyl (C=O) groups excluding carboxylic acids is 2. The predicted octanol–water partition coefficient (Wildman–Crippen LogP) is 3.13. The second-order valence-electron chi connectivity index (χ2n) is 9.12. The van der Waals surface area contributed by atoms with Crippen LogP contribution >= 0.6 is 0 Å². The van der Waals surface area contributed by atoms with Crippen LogP contribution in [0.1, 0.15) is 37.3 Å². The largest absolute Gasteiger partial charge is 0.573 e. The van der Waals surface area contributed by atoms with E-state index < -0.39 is 69.2 Å². The van der Waals surface area contributed by atoms with Crippen molar-refractivity contribution in [2.75, 3.05) is 6.54 Å². The molecule has 2 aromatic rings. The first-order chi connectivity index (χ1) is 19.0. The average Bonchev–Trinajstić information content (AvgIpc) is 2.91. The normalized spacial score (nSPS) is 18.4. The van der Waals surface area contributed by atoms with Gasteiger partial charge in [-0.15, -0.1) is 13.2 Å². The van der Waals surface area contributed by atoms with Gasteiger partial charge in [-0.05, 0) is 42.7 Å². The van der Waals surface area contributed by atoms with E-state index in [4.69, 9.17) is 5.11 Å². The van der Waals surface area contributed by atoms with E-state index in [1.807, 2.05) is 0 Å². The van der Waals surface area contributed by atoms with E-state index in [0.717, 1.165) is 28.6 Å². The first-order valence-corrected chi connectivity index (χ1v) is 13.6. The third kappa shape index (κ3) is 8.13. The maximum absolute atomic E-state index is 13.9. The highest BCUT2D eigenvalue weighted by molar-refractivity contribution is 7.89.